The zero-order chi connectivity index (χ0) is 22.9. The van der Waals surface area contributed by atoms with Crippen LogP contribution in [-0.2, 0) is 19.1 Å². The Labute approximate surface area is 186 Å². The highest BCUT2D eigenvalue weighted by molar-refractivity contribution is 6.02. The first-order chi connectivity index (χ1) is 15.5. The maximum Gasteiger partial charge on any atom is 0.331 e. The van der Waals surface area contributed by atoms with Gasteiger partial charge in [0.15, 0.2) is 18.1 Å². The summed E-state index contributed by atoms with van der Waals surface area (Å²) in [6.45, 7) is 2.56. The second kappa shape index (κ2) is 11.0. The van der Waals surface area contributed by atoms with Crippen LogP contribution in [0, 0.1) is 0 Å². The first kappa shape index (κ1) is 22.9. The summed E-state index contributed by atoms with van der Waals surface area (Å²) in [5.41, 5.74) is 1.86. The predicted octanol–water partition coefficient (Wildman–Crippen LogP) is 3.42. The number of carbonyl (C=O) groups excluding carboxylic acids is 3. The monoisotopic (exact) mass is 438 g/mol. The van der Waals surface area contributed by atoms with Gasteiger partial charge >= 0.3 is 5.97 Å². The molecule has 32 heavy (non-hydrogen) atoms. The van der Waals surface area contributed by atoms with E-state index in [2.05, 4.69) is 5.32 Å². The van der Waals surface area contributed by atoms with E-state index in [-0.39, 0.29) is 5.91 Å². The summed E-state index contributed by atoms with van der Waals surface area (Å²) >= 11 is 0. The van der Waals surface area contributed by atoms with E-state index >= 15 is 0 Å². The maximum atomic E-state index is 12.3. The third kappa shape index (κ3) is 5.87. The van der Waals surface area contributed by atoms with Gasteiger partial charge in [0.2, 0.25) is 5.91 Å². The van der Waals surface area contributed by atoms with Gasteiger partial charge in [0, 0.05) is 19.0 Å². The zero-order valence-corrected chi connectivity index (χ0v) is 18.1. The van der Waals surface area contributed by atoms with Crippen molar-refractivity contribution in [2.75, 3.05) is 37.1 Å². The largest absolute Gasteiger partial charge is 0.493 e. The van der Waals surface area contributed by atoms with E-state index in [1.807, 2.05) is 6.92 Å². The van der Waals surface area contributed by atoms with Gasteiger partial charge in [0.05, 0.1) is 25.1 Å². The topological polar surface area (TPSA) is 94.2 Å². The molecule has 1 saturated heterocycles. The lowest BCUT2D eigenvalue weighted by Gasteiger charge is -2.19. The molecule has 1 heterocycles. The fraction of sp³-hybridized carbons (Fsp3) is 0.292. The third-order valence-corrected chi connectivity index (χ3v) is 4.79. The number of hydrogen-bond acceptors (Lipinski definition) is 6. The molecule has 1 N–H and O–H groups in total. The van der Waals surface area contributed by atoms with Crippen LogP contribution >= 0.6 is 0 Å². The minimum Gasteiger partial charge on any atom is -0.493 e. The molecule has 1 aliphatic rings. The van der Waals surface area contributed by atoms with E-state index in [1.54, 1.807) is 53.4 Å². The second-order valence-corrected chi connectivity index (χ2v) is 7.00. The number of esters is 1. The molecule has 0 aromatic heterocycles. The summed E-state index contributed by atoms with van der Waals surface area (Å²) in [6, 6.07) is 12.3. The Morgan fingerprint density at radius 2 is 1.97 bits per heavy atom. The van der Waals surface area contributed by atoms with E-state index in [0.29, 0.717) is 42.4 Å². The summed E-state index contributed by atoms with van der Waals surface area (Å²) in [5, 5.41) is 2.71. The van der Waals surface area contributed by atoms with Crippen LogP contribution in [0.15, 0.2) is 48.5 Å². The lowest BCUT2D eigenvalue weighted by molar-refractivity contribution is -0.142. The molecule has 1 fully saturated rings. The highest BCUT2D eigenvalue weighted by Gasteiger charge is 2.24. The molecule has 1 aliphatic heterocycles. The van der Waals surface area contributed by atoms with Crippen molar-refractivity contribution in [1.29, 1.82) is 0 Å². The fourth-order valence-corrected chi connectivity index (χ4v) is 3.32. The van der Waals surface area contributed by atoms with Gasteiger partial charge in [-0.05, 0) is 49.2 Å². The van der Waals surface area contributed by atoms with Crippen LogP contribution in [0.3, 0.4) is 0 Å². The van der Waals surface area contributed by atoms with Crippen molar-refractivity contribution < 1.29 is 28.6 Å². The number of para-hydroxylation sites is 2. The molecule has 0 atom stereocenters. The Bertz CT molecular complexity index is 1020. The molecule has 0 bridgehead atoms. The zero-order valence-electron chi connectivity index (χ0n) is 18.1. The Hall–Kier alpha value is -3.81. The molecule has 3 rings (SSSR count). The van der Waals surface area contributed by atoms with E-state index < -0.39 is 18.5 Å². The number of ether oxygens (including phenoxy) is 3. The predicted molar refractivity (Wildman–Crippen MR) is 121 cm³/mol. The number of nitrogens with one attached hydrogen (secondary N) is 1. The van der Waals surface area contributed by atoms with Gasteiger partial charge in [-0.1, -0.05) is 18.2 Å². The summed E-state index contributed by atoms with van der Waals surface area (Å²) in [7, 11) is 1.54. The number of benzene rings is 2. The number of methoxy groups -OCH3 is 1. The van der Waals surface area contributed by atoms with Gasteiger partial charge in [-0.15, -0.1) is 0 Å². The van der Waals surface area contributed by atoms with Crippen molar-refractivity contribution >= 4 is 35.2 Å². The standard InChI is InChI=1S/C24H26N2O6/c1-3-31-20-12-10-17(15-21(20)30-2)11-13-24(29)32-16-22(27)25-18-7-4-5-8-19(18)26-14-6-9-23(26)28/h4-5,7-8,10-13,15H,3,6,9,14,16H2,1-2H3,(H,25,27)/b13-11+. The molecule has 2 aromatic rings. The molecule has 8 nitrogen and oxygen atoms in total. The van der Waals surface area contributed by atoms with Crippen molar-refractivity contribution in [1.82, 2.24) is 0 Å². The average Bonchev–Trinajstić information content (AvgIpc) is 3.23. The van der Waals surface area contributed by atoms with Crippen molar-refractivity contribution in [3.63, 3.8) is 0 Å². The molecule has 0 radical (unpaired) electrons. The first-order valence-corrected chi connectivity index (χ1v) is 10.4. The van der Waals surface area contributed by atoms with Gasteiger partial charge in [0.25, 0.3) is 5.91 Å². The maximum absolute atomic E-state index is 12.3. The van der Waals surface area contributed by atoms with Gasteiger partial charge in [-0.25, -0.2) is 4.79 Å². The Kier molecular flexibility index (Phi) is 7.85. The van der Waals surface area contributed by atoms with Crippen molar-refractivity contribution in [2.24, 2.45) is 0 Å². The molecule has 168 valence electrons. The number of nitrogens with zero attached hydrogens (tertiary/aromatic N) is 1. The highest BCUT2D eigenvalue weighted by Crippen LogP contribution is 2.30. The van der Waals surface area contributed by atoms with Crippen LogP contribution in [0.1, 0.15) is 25.3 Å². The molecule has 8 heteroatoms. The van der Waals surface area contributed by atoms with E-state index in [4.69, 9.17) is 14.2 Å². The van der Waals surface area contributed by atoms with Crippen molar-refractivity contribution in [3.05, 3.63) is 54.1 Å². The molecular formula is C24H26N2O6. The Balaban J connectivity index is 1.55. The van der Waals surface area contributed by atoms with Crippen LogP contribution in [-0.4, -0.2) is 44.7 Å². The smallest absolute Gasteiger partial charge is 0.331 e. The number of amides is 2. The molecular weight excluding hydrogens is 412 g/mol. The Morgan fingerprint density at radius 1 is 1.16 bits per heavy atom. The Morgan fingerprint density at radius 3 is 2.69 bits per heavy atom. The van der Waals surface area contributed by atoms with E-state index in [0.717, 1.165) is 12.0 Å². The van der Waals surface area contributed by atoms with Crippen LogP contribution in [0.25, 0.3) is 6.08 Å². The van der Waals surface area contributed by atoms with Crippen LogP contribution < -0.4 is 19.7 Å². The number of anilines is 2. The number of hydrogen-bond donors (Lipinski definition) is 1. The first-order valence-electron chi connectivity index (χ1n) is 10.4. The molecule has 0 unspecified atom stereocenters. The van der Waals surface area contributed by atoms with Crippen molar-refractivity contribution in [2.45, 2.75) is 19.8 Å². The summed E-state index contributed by atoms with van der Waals surface area (Å²) in [6.07, 6.45) is 4.07. The van der Waals surface area contributed by atoms with Crippen molar-refractivity contribution in [3.8, 4) is 11.5 Å². The van der Waals surface area contributed by atoms with Gasteiger partial charge < -0.3 is 24.4 Å². The van der Waals surface area contributed by atoms with E-state index in [1.165, 1.54) is 13.2 Å². The van der Waals surface area contributed by atoms with Crippen LogP contribution in [0.2, 0.25) is 0 Å². The SMILES string of the molecule is CCOc1ccc(/C=C/C(=O)OCC(=O)Nc2ccccc2N2CCCC2=O)cc1OC. The lowest BCUT2D eigenvalue weighted by atomic mass is 10.2. The summed E-state index contributed by atoms with van der Waals surface area (Å²) in [4.78, 5) is 38.0. The molecule has 0 spiro atoms. The third-order valence-electron chi connectivity index (χ3n) is 4.79. The highest BCUT2D eigenvalue weighted by atomic mass is 16.5. The molecule has 0 saturated carbocycles. The van der Waals surface area contributed by atoms with E-state index in [9.17, 15) is 14.4 Å². The average molecular weight is 438 g/mol. The minimum atomic E-state index is -0.656. The second-order valence-electron chi connectivity index (χ2n) is 7.00. The normalized spacial score (nSPS) is 13.3. The fourth-order valence-electron chi connectivity index (χ4n) is 3.32. The van der Waals surface area contributed by atoms with Gasteiger partial charge in [-0.3, -0.25) is 9.59 Å². The van der Waals surface area contributed by atoms with Gasteiger partial charge in [-0.2, -0.15) is 0 Å². The lowest BCUT2D eigenvalue weighted by Crippen LogP contribution is -2.26. The van der Waals surface area contributed by atoms with Gasteiger partial charge in [0.1, 0.15) is 0 Å². The van der Waals surface area contributed by atoms with Crippen LogP contribution in [0.5, 0.6) is 11.5 Å². The molecule has 2 aromatic carbocycles. The minimum absolute atomic E-state index is 0.0224. The van der Waals surface area contributed by atoms with Crippen LogP contribution in [0.4, 0.5) is 11.4 Å². The molecule has 2 amide bonds. The number of carbonyl (C=O) groups is 3. The summed E-state index contributed by atoms with van der Waals surface area (Å²) < 4.78 is 15.8. The number of rotatable bonds is 9. The quantitative estimate of drug-likeness (QED) is 0.476. The summed E-state index contributed by atoms with van der Waals surface area (Å²) in [5.74, 6) is 0.0398. The molecule has 0 aliphatic carbocycles.